The Kier molecular flexibility index (Phi) is 7.30. The second kappa shape index (κ2) is 9.97. The van der Waals surface area contributed by atoms with E-state index in [1.165, 1.54) is 31.2 Å². The second-order valence-corrected chi connectivity index (χ2v) is 7.44. The Hall–Kier alpha value is -3.49. The molecule has 0 saturated heterocycles. The van der Waals surface area contributed by atoms with E-state index in [1.807, 2.05) is 6.92 Å². The molecule has 0 aliphatic heterocycles. The molecule has 33 heavy (non-hydrogen) atoms. The van der Waals surface area contributed by atoms with Crippen molar-refractivity contribution in [1.82, 2.24) is 0 Å². The molecule has 2 aromatic carbocycles. The average molecular weight is 464 g/mol. The zero-order valence-electron chi connectivity index (χ0n) is 18.3. The quantitative estimate of drug-likeness (QED) is 0.300. The summed E-state index contributed by atoms with van der Waals surface area (Å²) in [6, 6.07) is 10.0. The summed E-state index contributed by atoms with van der Waals surface area (Å²) in [5.74, 6) is -3.01. The Labute approximate surface area is 187 Å². The largest absolute Gasteiger partial charge is 0.479 e. The molecule has 0 amide bonds. The fourth-order valence-corrected chi connectivity index (χ4v) is 2.99. The minimum atomic E-state index is -4.99. The number of aryl methyl sites for hydroxylation is 1. The number of hydrogen-bond acceptors (Lipinski definition) is 6. The summed E-state index contributed by atoms with van der Waals surface area (Å²) < 4.78 is 62.0. The molecule has 0 aliphatic rings. The number of unbranched alkanes of at least 4 members (excludes halogenated alkanes) is 1. The van der Waals surface area contributed by atoms with Crippen molar-refractivity contribution in [2.45, 2.75) is 45.9 Å². The van der Waals surface area contributed by atoms with Gasteiger partial charge in [0, 0.05) is 6.07 Å². The number of hydrogen-bond donors (Lipinski definition) is 0. The van der Waals surface area contributed by atoms with Gasteiger partial charge in [-0.25, -0.2) is 4.79 Å². The van der Waals surface area contributed by atoms with Crippen LogP contribution in [0.25, 0.3) is 11.0 Å². The van der Waals surface area contributed by atoms with Gasteiger partial charge in [0.1, 0.15) is 17.1 Å². The molecular weight excluding hydrogens is 441 g/mol. The van der Waals surface area contributed by atoms with Gasteiger partial charge in [-0.3, -0.25) is 4.79 Å². The fraction of sp³-hybridized carbons (Fsp3) is 0.333. The lowest BCUT2D eigenvalue weighted by Crippen LogP contribution is -2.26. The summed E-state index contributed by atoms with van der Waals surface area (Å²) in [4.78, 5) is 24.9. The number of rotatable bonds is 8. The van der Waals surface area contributed by atoms with Crippen LogP contribution >= 0.6 is 0 Å². The van der Waals surface area contributed by atoms with Crippen molar-refractivity contribution in [3.05, 3.63) is 64.0 Å². The van der Waals surface area contributed by atoms with Crippen LogP contribution in [0.1, 0.15) is 38.0 Å². The fourth-order valence-electron chi connectivity index (χ4n) is 2.99. The van der Waals surface area contributed by atoms with Crippen molar-refractivity contribution in [3.63, 3.8) is 0 Å². The zero-order valence-corrected chi connectivity index (χ0v) is 18.3. The van der Waals surface area contributed by atoms with E-state index in [1.54, 1.807) is 19.1 Å². The highest BCUT2D eigenvalue weighted by Gasteiger charge is 2.40. The summed E-state index contributed by atoms with van der Waals surface area (Å²) in [7, 11) is 0. The van der Waals surface area contributed by atoms with Gasteiger partial charge in [0.05, 0.1) is 12.0 Å². The molecule has 0 spiro atoms. The smallest absolute Gasteiger partial charge is 0.453 e. The summed E-state index contributed by atoms with van der Waals surface area (Å²) >= 11 is 0. The first-order valence-corrected chi connectivity index (χ1v) is 10.4. The molecular formula is C24H23F3O6. The van der Waals surface area contributed by atoms with Gasteiger partial charge in [0.25, 0.3) is 5.76 Å². The number of alkyl halides is 3. The Bertz CT molecular complexity index is 1200. The predicted octanol–water partition coefficient (Wildman–Crippen LogP) is 6.02. The first kappa shape index (κ1) is 24.2. The van der Waals surface area contributed by atoms with Crippen LogP contribution in [0.2, 0.25) is 0 Å². The Morgan fingerprint density at radius 2 is 1.88 bits per heavy atom. The van der Waals surface area contributed by atoms with Crippen molar-refractivity contribution in [2.24, 2.45) is 0 Å². The van der Waals surface area contributed by atoms with Gasteiger partial charge in [0.2, 0.25) is 11.2 Å². The van der Waals surface area contributed by atoms with Crippen molar-refractivity contribution in [1.29, 1.82) is 0 Å². The van der Waals surface area contributed by atoms with E-state index in [2.05, 4.69) is 0 Å². The first-order chi connectivity index (χ1) is 15.6. The maximum atomic E-state index is 13.7. The molecule has 0 bridgehead atoms. The number of esters is 1. The topological polar surface area (TPSA) is 75.0 Å². The average Bonchev–Trinajstić information content (AvgIpc) is 2.75. The van der Waals surface area contributed by atoms with Gasteiger partial charge in [-0.15, -0.1) is 0 Å². The van der Waals surface area contributed by atoms with Crippen LogP contribution in [0.5, 0.6) is 17.2 Å². The van der Waals surface area contributed by atoms with Crippen LogP contribution in [0.15, 0.2) is 51.7 Å². The third-order valence-corrected chi connectivity index (χ3v) is 4.68. The molecule has 6 nitrogen and oxygen atoms in total. The van der Waals surface area contributed by atoms with Crippen LogP contribution < -0.4 is 14.9 Å². The van der Waals surface area contributed by atoms with Crippen molar-refractivity contribution in [2.75, 3.05) is 6.61 Å². The maximum Gasteiger partial charge on any atom is 0.453 e. The lowest BCUT2D eigenvalue weighted by molar-refractivity contribution is -0.154. The lowest BCUT2D eigenvalue weighted by Gasteiger charge is -2.16. The van der Waals surface area contributed by atoms with E-state index in [-0.39, 0.29) is 29.1 Å². The standard InChI is InChI=1S/C24H23F3O6/c1-4-5-11-30-23(29)15(3)31-17-9-10-18-19(13-17)33-22(24(25,26)27)21(20(18)28)32-16-8-6-7-14(2)12-16/h6-10,12-13,15H,4-5,11H2,1-3H3. The molecule has 0 saturated carbocycles. The SMILES string of the molecule is CCCCOC(=O)C(C)Oc1ccc2c(=O)c(Oc3cccc(C)c3)c(C(F)(F)F)oc2c1. The van der Waals surface area contributed by atoms with E-state index < -0.39 is 35.2 Å². The van der Waals surface area contributed by atoms with E-state index >= 15 is 0 Å². The van der Waals surface area contributed by atoms with E-state index in [0.29, 0.717) is 6.42 Å². The lowest BCUT2D eigenvalue weighted by atomic mass is 10.2. The third-order valence-electron chi connectivity index (χ3n) is 4.68. The highest BCUT2D eigenvalue weighted by Crippen LogP contribution is 2.38. The summed E-state index contributed by atoms with van der Waals surface area (Å²) in [5, 5.41) is -0.129. The molecule has 0 fully saturated rings. The molecule has 1 unspecified atom stereocenters. The van der Waals surface area contributed by atoms with Crippen LogP contribution in [-0.2, 0) is 15.7 Å². The molecule has 3 rings (SSSR count). The minimum absolute atomic E-state index is 0.0473. The highest BCUT2D eigenvalue weighted by atomic mass is 19.4. The van der Waals surface area contributed by atoms with E-state index in [9.17, 15) is 22.8 Å². The molecule has 1 heterocycles. The van der Waals surface area contributed by atoms with Crippen molar-refractivity contribution >= 4 is 16.9 Å². The van der Waals surface area contributed by atoms with Gasteiger partial charge in [-0.1, -0.05) is 25.5 Å². The van der Waals surface area contributed by atoms with Gasteiger partial charge in [-0.2, -0.15) is 13.2 Å². The Balaban J connectivity index is 1.96. The molecule has 9 heteroatoms. The normalized spacial score (nSPS) is 12.4. The van der Waals surface area contributed by atoms with Crippen LogP contribution in [0, 0.1) is 6.92 Å². The molecule has 3 aromatic rings. The zero-order chi connectivity index (χ0) is 24.2. The predicted molar refractivity (Wildman–Crippen MR) is 115 cm³/mol. The Morgan fingerprint density at radius 1 is 1.12 bits per heavy atom. The minimum Gasteiger partial charge on any atom is -0.479 e. The first-order valence-electron chi connectivity index (χ1n) is 10.4. The molecule has 0 radical (unpaired) electrons. The van der Waals surface area contributed by atoms with Crippen molar-refractivity contribution < 1.29 is 36.6 Å². The maximum absolute atomic E-state index is 13.7. The number of carbonyl (C=O) groups is 1. The van der Waals surface area contributed by atoms with Crippen LogP contribution in [0.3, 0.4) is 0 Å². The number of ether oxygens (including phenoxy) is 3. The van der Waals surface area contributed by atoms with Crippen LogP contribution in [-0.4, -0.2) is 18.7 Å². The van der Waals surface area contributed by atoms with Gasteiger partial charge in [0.15, 0.2) is 6.10 Å². The molecule has 1 aromatic heterocycles. The summed E-state index contributed by atoms with van der Waals surface area (Å²) in [6.45, 7) is 5.38. The number of carbonyl (C=O) groups excluding carboxylic acids is 1. The van der Waals surface area contributed by atoms with Gasteiger partial charge in [-0.05, 0) is 50.1 Å². The van der Waals surface area contributed by atoms with Gasteiger partial charge >= 0.3 is 12.1 Å². The molecule has 176 valence electrons. The summed E-state index contributed by atoms with van der Waals surface area (Å²) in [5.41, 5.74) is -0.591. The molecule has 0 aliphatic carbocycles. The monoisotopic (exact) mass is 464 g/mol. The second-order valence-electron chi connectivity index (χ2n) is 7.44. The molecule has 0 N–H and O–H groups in total. The van der Waals surface area contributed by atoms with E-state index in [4.69, 9.17) is 18.6 Å². The van der Waals surface area contributed by atoms with Gasteiger partial charge < -0.3 is 18.6 Å². The van der Waals surface area contributed by atoms with Crippen molar-refractivity contribution in [3.8, 4) is 17.2 Å². The molecule has 1 atom stereocenters. The van der Waals surface area contributed by atoms with E-state index in [0.717, 1.165) is 18.1 Å². The number of benzene rings is 2. The Morgan fingerprint density at radius 3 is 2.55 bits per heavy atom. The summed E-state index contributed by atoms with van der Waals surface area (Å²) in [6.07, 6.45) is -4.44. The highest BCUT2D eigenvalue weighted by molar-refractivity contribution is 5.80. The number of halogens is 3. The number of fused-ring (bicyclic) bond motifs is 1. The third kappa shape index (κ3) is 5.85. The van der Waals surface area contributed by atoms with Crippen LogP contribution in [0.4, 0.5) is 13.2 Å².